The highest BCUT2D eigenvalue weighted by molar-refractivity contribution is 6.32. The Hall–Kier alpha value is -2.60. The highest BCUT2D eigenvalue weighted by Gasteiger charge is 2.16. The molecule has 21 heavy (non-hydrogen) atoms. The van der Waals surface area contributed by atoms with Gasteiger partial charge in [-0.2, -0.15) is 5.10 Å². The Balaban J connectivity index is 1.93. The van der Waals surface area contributed by atoms with E-state index in [1.807, 2.05) is 25.1 Å². The number of H-pyrrole nitrogens is 1. The normalized spacial score (nSPS) is 10.6. The molecule has 0 aliphatic rings. The Kier molecular flexibility index (Phi) is 3.45. The van der Waals surface area contributed by atoms with Gasteiger partial charge in [0.05, 0.1) is 17.5 Å². The molecule has 0 unspecified atom stereocenters. The molecule has 0 radical (unpaired) electrons. The van der Waals surface area contributed by atoms with Crippen LogP contribution in [0.5, 0.6) is 0 Å². The lowest BCUT2D eigenvalue weighted by Gasteiger charge is -2.08. The first kappa shape index (κ1) is 13.4. The average molecular weight is 303 g/mol. The van der Waals surface area contributed by atoms with E-state index >= 15 is 0 Å². The van der Waals surface area contributed by atoms with Crippen molar-refractivity contribution in [1.82, 2.24) is 15.2 Å². The third kappa shape index (κ3) is 2.66. The quantitative estimate of drug-likeness (QED) is 0.777. The smallest absolute Gasteiger partial charge is 0.260 e. The minimum atomic E-state index is -0.353. The summed E-state index contributed by atoms with van der Waals surface area (Å²) in [4.78, 5) is 16.4. The summed E-state index contributed by atoms with van der Waals surface area (Å²) in [7, 11) is 0. The van der Waals surface area contributed by atoms with E-state index in [2.05, 4.69) is 20.5 Å². The molecule has 0 aliphatic heterocycles. The molecule has 7 heteroatoms. The molecule has 0 bridgehead atoms. The van der Waals surface area contributed by atoms with Gasteiger partial charge >= 0.3 is 0 Å². The maximum atomic E-state index is 12.2. The molecule has 0 saturated heterocycles. The molecule has 1 aromatic carbocycles. The van der Waals surface area contributed by atoms with Crippen LogP contribution in [-0.4, -0.2) is 21.1 Å². The Morgan fingerprint density at radius 3 is 2.81 bits per heavy atom. The molecule has 0 saturated carbocycles. The number of para-hydroxylation sites is 1. The highest BCUT2D eigenvalue weighted by atomic mass is 35.5. The number of hydrogen-bond donors (Lipinski definition) is 2. The molecule has 0 spiro atoms. The summed E-state index contributed by atoms with van der Waals surface area (Å²) in [6, 6.07) is 8.77. The van der Waals surface area contributed by atoms with Crippen LogP contribution in [0.1, 0.15) is 16.2 Å². The molecule has 6 nitrogen and oxygen atoms in total. The number of aromatic amines is 1. The molecule has 106 valence electrons. The lowest BCUT2D eigenvalue weighted by Crippen LogP contribution is -2.12. The highest BCUT2D eigenvalue weighted by Crippen LogP contribution is 2.26. The van der Waals surface area contributed by atoms with E-state index in [0.29, 0.717) is 17.3 Å². The number of carbonyl (C=O) groups excluding carboxylic acids is 1. The van der Waals surface area contributed by atoms with E-state index in [1.165, 1.54) is 12.3 Å². The van der Waals surface area contributed by atoms with Crippen molar-refractivity contribution in [3.8, 4) is 11.4 Å². The van der Waals surface area contributed by atoms with Crippen molar-refractivity contribution in [2.24, 2.45) is 0 Å². The van der Waals surface area contributed by atoms with Crippen molar-refractivity contribution in [2.75, 3.05) is 5.32 Å². The fourth-order valence-electron chi connectivity index (χ4n) is 1.90. The van der Waals surface area contributed by atoms with E-state index in [-0.39, 0.29) is 16.7 Å². The Labute approximate surface area is 125 Å². The van der Waals surface area contributed by atoms with Gasteiger partial charge in [-0.15, -0.1) is 0 Å². The lowest BCUT2D eigenvalue weighted by atomic mass is 10.1. The topological polar surface area (TPSA) is 83.8 Å². The maximum Gasteiger partial charge on any atom is 0.260 e. The van der Waals surface area contributed by atoms with Gasteiger partial charge in [0.1, 0.15) is 5.82 Å². The number of amides is 1. The molecular formula is C14H11ClN4O2. The van der Waals surface area contributed by atoms with Gasteiger partial charge in [0.25, 0.3) is 5.91 Å². The lowest BCUT2D eigenvalue weighted by molar-refractivity contribution is 0.102. The second-order valence-corrected chi connectivity index (χ2v) is 4.70. The van der Waals surface area contributed by atoms with Gasteiger partial charge in [-0.3, -0.25) is 9.89 Å². The second-order valence-electron chi connectivity index (χ2n) is 4.35. The minimum Gasteiger partial charge on any atom is -0.452 e. The molecule has 2 aromatic heterocycles. The van der Waals surface area contributed by atoms with Crippen LogP contribution in [0.25, 0.3) is 11.4 Å². The zero-order chi connectivity index (χ0) is 14.8. The molecule has 0 fully saturated rings. The molecule has 3 rings (SSSR count). The number of anilines is 1. The molecule has 1 amide bonds. The van der Waals surface area contributed by atoms with Crippen molar-refractivity contribution in [3.63, 3.8) is 0 Å². The number of carbonyl (C=O) groups is 1. The van der Waals surface area contributed by atoms with Gasteiger partial charge in [0, 0.05) is 5.56 Å². The number of aromatic nitrogens is 3. The molecule has 0 aliphatic carbocycles. The summed E-state index contributed by atoms with van der Waals surface area (Å²) >= 11 is 5.80. The van der Waals surface area contributed by atoms with Crippen LogP contribution in [0.3, 0.4) is 0 Å². The number of rotatable bonds is 3. The molecule has 3 aromatic rings. The van der Waals surface area contributed by atoms with E-state index in [0.717, 1.165) is 5.56 Å². The number of benzene rings is 1. The number of halogens is 1. The third-order valence-corrected chi connectivity index (χ3v) is 3.17. The summed E-state index contributed by atoms with van der Waals surface area (Å²) in [5.74, 6) is 0.860. The Morgan fingerprint density at radius 2 is 2.14 bits per heavy atom. The molecular weight excluding hydrogens is 292 g/mol. The molecule has 2 N–H and O–H groups in total. The van der Waals surface area contributed by atoms with Gasteiger partial charge in [-0.25, -0.2) is 4.98 Å². The Bertz CT molecular complexity index is 794. The van der Waals surface area contributed by atoms with Crippen molar-refractivity contribution in [1.29, 1.82) is 0 Å². The van der Waals surface area contributed by atoms with E-state index in [1.54, 1.807) is 6.07 Å². The van der Waals surface area contributed by atoms with Gasteiger partial charge in [0.15, 0.2) is 5.82 Å². The molecule has 0 atom stereocenters. The van der Waals surface area contributed by atoms with Crippen LogP contribution in [0, 0.1) is 6.92 Å². The average Bonchev–Trinajstić information content (AvgIpc) is 3.08. The van der Waals surface area contributed by atoms with Crippen LogP contribution in [0.4, 0.5) is 5.69 Å². The maximum absolute atomic E-state index is 12.2. The second kappa shape index (κ2) is 5.41. The first-order chi connectivity index (χ1) is 10.1. The largest absolute Gasteiger partial charge is 0.452 e. The summed E-state index contributed by atoms with van der Waals surface area (Å²) in [6.45, 7) is 1.81. The van der Waals surface area contributed by atoms with Crippen molar-refractivity contribution in [3.05, 3.63) is 53.2 Å². The van der Waals surface area contributed by atoms with Gasteiger partial charge in [-0.1, -0.05) is 12.1 Å². The molecule has 2 heterocycles. The first-order valence-corrected chi connectivity index (χ1v) is 6.55. The number of furan rings is 1. The van der Waals surface area contributed by atoms with Crippen molar-refractivity contribution >= 4 is 23.2 Å². The minimum absolute atomic E-state index is 0.0544. The monoisotopic (exact) mass is 302 g/mol. The fraction of sp³-hybridized carbons (Fsp3) is 0.0714. The SMILES string of the molecule is Cc1nc(-c2ccccc2NC(=O)c2ccoc2Cl)n[nH]1. The zero-order valence-corrected chi connectivity index (χ0v) is 11.8. The zero-order valence-electron chi connectivity index (χ0n) is 11.1. The number of nitrogens with zero attached hydrogens (tertiary/aromatic N) is 2. The predicted octanol–water partition coefficient (Wildman–Crippen LogP) is 3.28. The van der Waals surface area contributed by atoms with Crippen molar-refractivity contribution in [2.45, 2.75) is 6.92 Å². The number of nitrogens with one attached hydrogen (secondary N) is 2. The van der Waals surface area contributed by atoms with Gasteiger partial charge in [0.2, 0.25) is 5.22 Å². The van der Waals surface area contributed by atoms with E-state index in [9.17, 15) is 4.79 Å². The Morgan fingerprint density at radius 1 is 1.33 bits per heavy atom. The first-order valence-electron chi connectivity index (χ1n) is 6.18. The van der Waals surface area contributed by atoms with Crippen molar-refractivity contribution < 1.29 is 9.21 Å². The fourth-order valence-corrected chi connectivity index (χ4v) is 2.10. The standard InChI is InChI=1S/C14H11ClN4O2/c1-8-16-13(19-18-8)9-4-2-3-5-11(9)17-14(20)10-6-7-21-12(10)15/h2-7H,1H3,(H,17,20)(H,16,18,19). The van der Waals surface area contributed by atoms with Crippen LogP contribution < -0.4 is 5.32 Å². The number of hydrogen-bond acceptors (Lipinski definition) is 4. The third-order valence-electron chi connectivity index (χ3n) is 2.88. The predicted molar refractivity (Wildman–Crippen MR) is 78.2 cm³/mol. The number of aryl methyl sites for hydroxylation is 1. The van der Waals surface area contributed by atoms with Crippen LogP contribution in [0.2, 0.25) is 5.22 Å². The van der Waals surface area contributed by atoms with Gasteiger partial charge < -0.3 is 9.73 Å². The van der Waals surface area contributed by atoms with Crippen LogP contribution >= 0.6 is 11.6 Å². The summed E-state index contributed by atoms with van der Waals surface area (Å²) in [5, 5.41) is 9.72. The van der Waals surface area contributed by atoms with Crippen LogP contribution in [-0.2, 0) is 0 Å². The van der Waals surface area contributed by atoms with E-state index in [4.69, 9.17) is 16.0 Å². The summed E-state index contributed by atoms with van der Waals surface area (Å²) in [5.41, 5.74) is 1.59. The van der Waals surface area contributed by atoms with E-state index < -0.39 is 0 Å². The van der Waals surface area contributed by atoms with Crippen LogP contribution in [0.15, 0.2) is 41.0 Å². The summed E-state index contributed by atoms with van der Waals surface area (Å²) < 4.78 is 4.92. The van der Waals surface area contributed by atoms with Gasteiger partial charge in [-0.05, 0) is 36.7 Å². The summed E-state index contributed by atoms with van der Waals surface area (Å²) in [6.07, 6.45) is 1.36.